The highest BCUT2D eigenvalue weighted by atomic mass is 19.4. The SMILES string of the molecule is OCC1CCCN1c1ccc(C(F)(F)F)nc1. The van der Waals surface area contributed by atoms with Crippen LogP contribution < -0.4 is 4.90 Å². The standard InChI is InChI=1S/C11H13F3N2O/c12-11(13,14)10-4-3-8(6-15-10)16-5-1-2-9(16)7-17/h3-4,6,9,17H,1-2,5,7H2. The second-order valence-corrected chi connectivity index (χ2v) is 4.07. The molecule has 3 nitrogen and oxygen atoms in total. The fraction of sp³-hybridized carbons (Fsp3) is 0.545. The van der Waals surface area contributed by atoms with Crippen LogP contribution in [0.2, 0.25) is 0 Å². The van der Waals surface area contributed by atoms with Crippen LogP contribution in [-0.2, 0) is 6.18 Å². The van der Waals surface area contributed by atoms with Gasteiger partial charge in [0.1, 0.15) is 5.69 Å². The highest BCUT2D eigenvalue weighted by Crippen LogP contribution is 2.30. The fourth-order valence-corrected chi connectivity index (χ4v) is 2.09. The molecule has 0 aromatic carbocycles. The van der Waals surface area contributed by atoms with Crippen LogP contribution in [0.1, 0.15) is 18.5 Å². The molecule has 6 heteroatoms. The Morgan fingerprint density at radius 2 is 2.18 bits per heavy atom. The number of hydrogen-bond donors (Lipinski definition) is 1. The van der Waals surface area contributed by atoms with E-state index in [-0.39, 0.29) is 12.6 Å². The van der Waals surface area contributed by atoms with E-state index in [1.807, 2.05) is 4.90 Å². The van der Waals surface area contributed by atoms with Crippen molar-refractivity contribution in [2.45, 2.75) is 25.1 Å². The van der Waals surface area contributed by atoms with Crippen molar-refractivity contribution in [3.8, 4) is 0 Å². The maximum Gasteiger partial charge on any atom is 0.433 e. The lowest BCUT2D eigenvalue weighted by atomic mass is 10.2. The Morgan fingerprint density at radius 1 is 1.41 bits per heavy atom. The first-order valence-electron chi connectivity index (χ1n) is 5.43. The van der Waals surface area contributed by atoms with Crippen molar-refractivity contribution in [1.82, 2.24) is 4.98 Å². The summed E-state index contributed by atoms with van der Waals surface area (Å²) in [7, 11) is 0. The molecule has 17 heavy (non-hydrogen) atoms. The molecule has 1 aromatic heterocycles. The van der Waals surface area contributed by atoms with Crippen molar-refractivity contribution in [2.24, 2.45) is 0 Å². The lowest BCUT2D eigenvalue weighted by Crippen LogP contribution is -2.32. The van der Waals surface area contributed by atoms with E-state index in [0.29, 0.717) is 5.69 Å². The molecule has 1 saturated heterocycles. The average Bonchev–Trinajstić information content (AvgIpc) is 2.76. The second kappa shape index (κ2) is 4.52. The summed E-state index contributed by atoms with van der Waals surface area (Å²) in [6.45, 7) is 0.763. The smallest absolute Gasteiger partial charge is 0.394 e. The first-order valence-corrected chi connectivity index (χ1v) is 5.43. The second-order valence-electron chi connectivity index (χ2n) is 4.07. The van der Waals surface area contributed by atoms with Crippen molar-refractivity contribution in [1.29, 1.82) is 0 Å². The Balaban J connectivity index is 2.18. The van der Waals surface area contributed by atoms with E-state index in [4.69, 9.17) is 5.11 Å². The minimum atomic E-state index is -4.40. The zero-order chi connectivity index (χ0) is 12.5. The Kier molecular flexibility index (Phi) is 3.24. The first kappa shape index (κ1) is 12.2. The molecule has 0 aliphatic carbocycles. The van der Waals surface area contributed by atoms with Gasteiger partial charge in [-0.25, -0.2) is 4.98 Å². The maximum absolute atomic E-state index is 12.3. The van der Waals surface area contributed by atoms with Gasteiger partial charge in [0, 0.05) is 6.54 Å². The third kappa shape index (κ3) is 2.52. The lowest BCUT2D eigenvalue weighted by molar-refractivity contribution is -0.141. The molecule has 1 aliphatic heterocycles. The van der Waals surface area contributed by atoms with Gasteiger partial charge in [0.05, 0.1) is 24.5 Å². The molecule has 94 valence electrons. The van der Waals surface area contributed by atoms with Crippen LogP contribution in [0.5, 0.6) is 0 Å². The van der Waals surface area contributed by atoms with E-state index >= 15 is 0 Å². The van der Waals surface area contributed by atoms with Crippen molar-refractivity contribution >= 4 is 5.69 Å². The normalized spacial score (nSPS) is 20.9. The van der Waals surface area contributed by atoms with Crippen LogP contribution in [0.3, 0.4) is 0 Å². The van der Waals surface area contributed by atoms with Gasteiger partial charge in [-0.05, 0) is 25.0 Å². The van der Waals surface area contributed by atoms with Gasteiger partial charge in [-0.15, -0.1) is 0 Å². The fourth-order valence-electron chi connectivity index (χ4n) is 2.09. The molecule has 1 atom stereocenters. The number of pyridine rings is 1. The van der Waals surface area contributed by atoms with Gasteiger partial charge in [0.25, 0.3) is 0 Å². The molecule has 1 aromatic rings. The van der Waals surface area contributed by atoms with Crippen LogP contribution in [0.4, 0.5) is 18.9 Å². The highest BCUT2D eigenvalue weighted by molar-refractivity contribution is 5.47. The van der Waals surface area contributed by atoms with Gasteiger partial charge >= 0.3 is 6.18 Å². The lowest BCUT2D eigenvalue weighted by Gasteiger charge is -2.25. The number of aliphatic hydroxyl groups is 1. The number of hydrogen-bond acceptors (Lipinski definition) is 3. The van der Waals surface area contributed by atoms with E-state index in [0.717, 1.165) is 25.5 Å². The van der Waals surface area contributed by atoms with Gasteiger partial charge in [-0.2, -0.15) is 13.2 Å². The van der Waals surface area contributed by atoms with Gasteiger partial charge in [0.15, 0.2) is 0 Å². The van der Waals surface area contributed by atoms with Crippen molar-refractivity contribution in [3.63, 3.8) is 0 Å². The van der Waals surface area contributed by atoms with E-state index in [1.54, 1.807) is 0 Å². The van der Waals surface area contributed by atoms with Gasteiger partial charge in [0.2, 0.25) is 0 Å². The zero-order valence-electron chi connectivity index (χ0n) is 9.11. The van der Waals surface area contributed by atoms with Crippen LogP contribution in [0, 0.1) is 0 Å². The molecule has 1 unspecified atom stereocenters. The summed E-state index contributed by atoms with van der Waals surface area (Å²) in [4.78, 5) is 5.31. The third-order valence-electron chi connectivity index (χ3n) is 2.96. The number of anilines is 1. The largest absolute Gasteiger partial charge is 0.433 e. The molecule has 0 spiro atoms. The van der Waals surface area contributed by atoms with Crippen LogP contribution in [-0.4, -0.2) is 29.3 Å². The Labute approximate surface area is 96.9 Å². The molecule has 0 radical (unpaired) electrons. The average molecular weight is 246 g/mol. The zero-order valence-corrected chi connectivity index (χ0v) is 9.11. The van der Waals surface area contributed by atoms with Crippen LogP contribution in [0.15, 0.2) is 18.3 Å². The predicted octanol–water partition coefficient (Wildman–Crippen LogP) is 2.06. The summed E-state index contributed by atoms with van der Waals surface area (Å²) in [6, 6.07) is 2.37. The van der Waals surface area contributed by atoms with E-state index < -0.39 is 11.9 Å². The first-order chi connectivity index (χ1) is 8.02. The molecule has 1 N–H and O–H groups in total. The summed E-state index contributed by atoms with van der Waals surface area (Å²) in [5.41, 5.74) is -0.254. The molecular formula is C11H13F3N2O. The van der Waals surface area contributed by atoms with E-state index in [2.05, 4.69) is 4.98 Å². The monoisotopic (exact) mass is 246 g/mol. The number of halogens is 3. The van der Waals surface area contributed by atoms with Gasteiger partial charge < -0.3 is 10.0 Å². The summed E-state index contributed by atoms with van der Waals surface area (Å²) in [5, 5.41) is 9.14. The molecular weight excluding hydrogens is 233 g/mol. The predicted molar refractivity (Wildman–Crippen MR) is 56.7 cm³/mol. The molecule has 2 rings (SSSR count). The summed E-state index contributed by atoms with van der Waals surface area (Å²) < 4.78 is 37.0. The van der Waals surface area contributed by atoms with Crippen molar-refractivity contribution < 1.29 is 18.3 Å². The molecule has 2 heterocycles. The Hall–Kier alpha value is -1.30. The Morgan fingerprint density at radius 3 is 2.71 bits per heavy atom. The summed E-state index contributed by atoms with van der Waals surface area (Å²) in [5.74, 6) is 0. The number of aromatic nitrogens is 1. The van der Waals surface area contributed by atoms with Crippen molar-refractivity contribution in [2.75, 3.05) is 18.1 Å². The summed E-state index contributed by atoms with van der Waals surface area (Å²) in [6.07, 6.45) is -1.39. The van der Waals surface area contributed by atoms with Crippen LogP contribution >= 0.6 is 0 Å². The number of aliphatic hydroxyl groups excluding tert-OH is 1. The highest BCUT2D eigenvalue weighted by Gasteiger charge is 2.32. The quantitative estimate of drug-likeness (QED) is 0.867. The van der Waals surface area contributed by atoms with Gasteiger partial charge in [-0.1, -0.05) is 0 Å². The molecule has 1 aliphatic rings. The minimum Gasteiger partial charge on any atom is -0.394 e. The summed E-state index contributed by atoms with van der Waals surface area (Å²) >= 11 is 0. The van der Waals surface area contributed by atoms with E-state index in [9.17, 15) is 13.2 Å². The molecule has 1 fully saturated rings. The number of rotatable bonds is 2. The third-order valence-corrected chi connectivity index (χ3v) is 2.96. The van der Waals surface area contributed by atoms with Gasteiger partial charge in [-0.3, -0.25) is 0 Å². The molecule has 0 saturated carbocycles. The van der Waals surface area contributed by atoms with Crippen LogP contribution in [0.25, 0.3) is 0 Å². The minimum absolute atomic E-state index is 0.00598. The maximum atomic E-state index is 12.3. The molecule has 0 bridgehead atoms. The van der Waals surface area contributed by atoms with Crippen molar-refractivity contribution in [3.05, 3.63) is 24.0 Å². The topological polar surface area (TPSA) is 36.4 Å². The number of alkyl halides is 3. The number of nitrogens with zero attached hydrogens (tertiary/aromatic N) is 2. The Bertz CT molecular complexity index is 377. The molecule has 0 amide bonds. The van der Waals surface area contributed by atoms with E-state index in [1.165, 1.54) is 12.3 Å².